The molecular formula is C19H23N3O2S. The fourth-order valence-corrected chi connectivity index (χ4v) is 3.98. The van der Waals surface area contributed by atoms with Crippen LogP contribution >= 0.6 is 11.3 Å². The van der Waals surface area contributed by atoms with Gasteiger partial charge in [0.2, 0.25) is 11.8 Å². The highest BCUT2D eigenvalue weighted by Gasteiger charge is 2.32. The molecule has 25 heavy (non-hydrogen) atoms. The third-order valence-electron chi connectivity index (χ3n) is 4.72. The van der Waals surface area contributed by atoms with Crippen LogP contribution in [-0.4, -0.2) is 34.3 Å². The maximum Gasteiger partial charge on any atom is 0.243 e. The van der Waals surface area contributed by atoms with Crippen LogP contribution in [-0.2, 0) is 22.6 Å². The van der Waals surface area contributed by atoms with Gasteiger partial charge in [0.15, 0.2) is 0 Å². The average Bonchev–Trinajstić information content (AvgIpc) is 3.30. The maximum absolute atomic E-state index is 12.5. The molecule has 5 nitrogen and oxygen atoms in total. The van der Waals surface area contributed by atoms with Crippen LogP contribution in [0.1, 0.15) is 37.8 Å². The number of thiazole rings is 1. The molecule has 0 aliphatic carbocycles. The van der Waals surface area contributed by atoms with E-state index in [4.69, 9.17) is 0 Å². The third-order valence-corrected chi connectivity index (χ3v) is 5.54. The number of hydrogen-bond acceptors (Lipinski definition) is 4. The lowest BCUT2D eigenvalue weighted by Crippen LogP contribution is -2.44. The van der Waals surface area contributed by atoms with Crippen molar-refractivity contribution in [1.29, 1.82) is 0 Å². The molecule has 1 saturated heterocycles. The lowest BCUT2D eigenvalue weighted by atomic mass is 10.0. The number of hydrogen-bond donors (Lipinski definition) is 1. The first-order chi connectivity index (χ1) is 12.1. The molecule has 2 heterocycles. The molecule has 1 unspecified atom stereocenters. The molecule has 0 saturated carbocycles. The largest absolute Gasteiger partial charge is 0.350 e. The summed E-state index contributed by atoms with van der Waals surface area (Å²) in [5.41, 5.74) is 5.34. The SMILES string of the molecule is CCc1cc(-c2cncs2)ccc1CNC(=O)C1CCCN1C(C)=O. The fourth-order valence-electron chi connectivity index (χ4n) is 3.36. The van der Waals surface area contributed by atoms with Gasteiger partial charge in [0.25, 0.3) is 0 Å². The van der Waals surface area contributed by atoms with Crippen molar-refractivity contribution in [2.24, 2.45) is 0 Å². The normalized spacial score (nSPS) is 16.9. The van der Waals surface area contributed by atoms with Crippen LogP contribution in [0.3, 0.4) is 0 Å². The summed E-state index contributed by atoms with van der Waals surface area (Å²) in [5.74, 6) is -0.0814. The molecule has 0 bridgehead atoms. The molecule has 0 radical (unpaired) electrons. The Morgan fingerprint density at radius 3 is 2.88 bits per heavy atom. The van der Waals surface area contributed by atoms with E-state index in [1.54, 1.807) is 16.2 Å². The molecule has 1 fully saturated rings. The van der Waals surface area contributed by atoms with Crippen molar-refractivity contribution >= 4 is 23.2 Å². The highest BCUT2D eigenvalue weighted by Crippen LogP contribution is 2.26. The minimum absolute atomic E-state index is 0.0270. The first-order valence-corrected chi connectivity index (χ1v) is 9.53. The van der Waals surface area contributed by atoms with Crippen LogP contribution in [0, 0.1) is 0 Å². The van der Waals surface area contributed by atoms with Gasteiger partial charge in [0, 0.05) is 26.2 Å². The number of aromatic nitrogens is 1. The van der Waals surface area contributed by atoms with Crippen molar-refractivity contribution < 1.29 is 9.59 Å². The number of carbonyl (C=O) groups is 2. The molecule has 1 aliphatic heterocycles. The van der Waals surface area contributed by atoms with Gasteiger partial charge in [0.1, 0.15) is 6.04 Å². The standard InChI is InChI=1S/C19H23N3O2S/c1-3-14-9-15(18-11-20-12-25-18)6-7-16(14)10-21-19(24)17-5-4-8-22(17)13(2)23/h6-7,9,11-12,17H,3-5,8,10H2,1-2H3,(H,21,24). The van der Waals surface area contributed by atoms with Gasteiger partial charge in [-0.15, -0.1) is 11.3 Å². The first kappa shape index (κ1) is 17.6. The lowest BCUT2D eigenvalue weighted by molar-refractivity contribution is -0.136. The second-order valence-electron chi connectivity index (χ2n) is 6.29. The van der Waals surface area contributed by atoms with E-state index < -0.39 is 0 Å². The van der Waals surface area contributed by atoms with Crippen molar-refractivity contribution in [2.45, 2.75) is 45.7 Å². The van der Waals surface area contributed by atoms with Gasteiger partial charge in [-0.05, 0) is 42.0 Å². The molecule has 2 amide bonds. The topological polar surface area (TPSA) is 62.3 Å². The van der Waals surface area contributed by atoms with Crippen molar-refractivity contribution in [2.75, 3.05) is 6.54 Å². The predicted octanol–water partition coefficient (Wildman–Crippen LogP) is 3.00. The molecule has 0 spiro atoms. The fraction of sp³-hybridized carbons (Fsp3) is 0.421. The predicted molar refractivity (Wildman–Crippen MR) is 99.2 cm³/mol. The summed E-state index contributed by atoms with van der Waals surface area (Å²) in [6.45, 7) is 4.81. The second-order valence-corrected chi connectivity index (χ2v) is 7.18. The van der Waals surface area contributed by atoms with Gasteiger partial charge in [0.05, 0.1) is 10.4 Å². The van der Waals surface area contributed by atoms with Crippen LogP contribution in [0.4, 0.5) is 0 Å². The Labute approximate surface area is 152 Å². The van der Waals surface area contributed by atoms with E-state index in [2.05, 4.69) is 35.4 Å². The van der Waals surface area contributed by atoms with Crippen molar-refractivity contribution in [1.82, 2.24) is 15.2 Å². The van der Waals surface area contributed by atoms with E-state index in [-0.39, 0.29) is 17.9 Å². The Morgan fingerprint density at radius 2 is 2.20 bits per heavy atom. The average molecular weight is 357 g/mol. The van der Waals surface area contributed by atoms with Gasteiger partial charge in [-0.3, -0.25) is 14.6 Å². The summed E-state index contributed by atoms with van der Waals surface area (Å²) in [7, 11) is 0. The van der Waals surface area contributed by atoms with E-state index >= 15 is 0 Å². The number of carbonyl (C=O) groups excluding carboxylic acids is 2. The molecule has 1 aromatic carbocycles. The quantitative estimate of drug-likeness (QED) is 0.895. The molecule has 132 valence electrons. The lowest BCUT2D eigenvalue weighted by Gasteiger charge is -2.22. The summed E-state index contributed by atoms with van der Waals surface area (Å²) >= 11 is 1.62. The zero-order chi connectivity index (χ0) is 17.8. The molecule has 1 aliphatic rings. The Morgan fingerprint density at radius 1 is 1.36 bits per heavy atom. The van der Waals surface area contributed by atoms with Gasteiger partial charge < -0.3 is 10.2 Å². The molecule has 6 heteroatoms. The van der Waals surface area contributed by atoms with Crippen LogP contribution in [0.2, 0.25) is 0 Å². The smallest absolute Gasteiger partial charge is 0.243 e. The number of nitrogens with one attached hydrogen (secondary N) is 1. The zero-order valence-electron chi connectivity index (χ0n) is 14.6. The van der Waals surface area contributed by atoms with Gasteiger partial charge in [-0.25, -0.2) is 0 Å². The number of benzene rings is 1. The second kappa shape index (κ2) is 7.78. The van der Waals surface area contributed by atoms with Crippen LogP contribution in [0.15, 0.2) is 29.9 Å². The van der Waals surface area contributed by atoms with E-state index in [9.17, 15) is 9.59 Å². The number of amides is 2. The summed E-state index contributed by atoms with van der Waals surface area (Å²) in [5, 5.41) is 3.01. The molecule has 1 N–H and O–H groups in total. The third kappa shape index (κ3) is 3.90. The highest BCUT2D eigenvalue weighted by molar-refractivity contribution is 7.13. The van der Waals surface area contributed by atoms with Crippen molar-refractivity contribution in [3.8, 4) is 10.4 Å². The number of rotatable bonds is 5. The molecule has 2 aromatic rings. The monoisotopic (exact) mass is 357 g/mol. The first-order valence-electron chi connectivity index (χ1n) is 8.65. The molecule has 3 rings (SSSR count). The Kier molecular flexibility index (Phi) is 5.48. The molecular weight excluding hydrogens is 334 g/mol. The zero-order valence-corrected chi connectivity index (χ0v) is 15.4. The maximum atomic E-state index is 12.5. The van der Waals surface area contributed by atoms with E-state index in [0.717, 1.165) is 35.3 Å². The highest BCUT2D eigenvalue weighted by atomic mass is 32.1. The van der Waals surface area contributed by atoms with E-state index in [0.29, 0.717) is 13.1 Å². The Bertz CT molecular complexity index is 758. The molecule has 1 atom stereocenters. The van der Waals surface area contributed by atoms with Crippen molar-refractivity contribution in [3.05, 3.63) is 41.0 Å². The summed E-state index contributed by atoms with van der Waals surface area (Å²) < 4.78 is 0. The Balaban J connectivity index is 1.68. The minimum atomic E-state index is -0.320. The van der Waals surface area contributed by atoms with Gasteiger partial charge in [-0.2, -0.15) is 0 Å². The van der Waals surface area contributed by atoms with Crippen LogP contribution < -0.4 is 5.32 Å². The van der Waals surface area contributed by atoms with E-state index in [1.165, 1.54) is 12.5 Å². The van der Waals surface area contributed by atoms with E-state index in [1.807, 2.05) is 11.7 Å². The summed E-state index contributed by atoms with van der Waals surface area (Å²) in [6, 6.07) is 6.00. The van der Waals surface area contributed by atoms with Crippen molar-refractivity contribution in [3.63, 3.8) is 0 Å². The number of likely N-dealkylation sites (tertiary alicyclic amines) is 1. The minimum Gasteiger partial charge on any atom is -0.350 e. The number of aryl methyl sites for hydroxylation is 1. The molecule has 1 aromatic heterocycles. The van der Waals surface area contributed by atoms with Gasteiger partial charge in [-0.1, -0.05) is 19.1 Å². The summed E-state index contributed by atoms with van der Waals surface area (Å²) in [6.07, 6.45) is 4.41. The summed E-state index contributed by atoms with van der Waals surface area (Å²) in [4.78, 5) is 31.0. The Hall–Kier alpha value is -2.21. The van der Waals surface area contributed by atoms with Gasteiger partial charge >= 0.3 is 0 Å². The van der Waals surface area contributed by atoms with Crippen LogP contribution in [0.25, 0.3) is 10.4 Å². The van der Waals surface area contributed by atoms with Crippen LogP contribution in [0.5, 0.6) is 0 Å². The number of nitrogens with zero attached hydrogens (tertiary/aromatic N) is 2.